The molecule has 0 bridgehead atoms. The quantitative estimate of drug-likeness (QED) is 0.757. The van der Waals surface area contributed by atoms with Crippen LogP contribution in [0.25, 0.3) is 0 Å². The van der Waals surface area contributed by atoms with E-state index in [-0.39, 0.29) is 24.6 Å². The van der Waals surface area contributed by atoms with Gasteiger partial charge in [-0.25, -0.2) is 9.59 Å². The molecule has 134 valence electrons. The van der Waals surface area contributed by atoms with Crippen LogP contribution in [0.5, 0.6) is 0 Å². The predicted octanol–water partition coefficient (Wildman–Crippen LogP) is 0.594. The molecule has 24 heavy (non-hydrogen) atoms. The van der Waals surface area contributed by atoms with Crippen molar-refractivity contribution in [2.24, 2.45) is 5.92 Å². The summed E-state index contributed by atoms with van der Waals surface area (Å²) < 4.78 is 5.78. The van der Waals surface area contributed by atoms with Gasteiger partial charge in [0.05, 0.1) is 13.1 Å². The highest BCUT2D eigenvalue weighted by Gasteiger charge is 2.48. The molecule has 2 atom stereocenters. The maximum atomic E-state index is 12.6. The minimum atomic E-state index is -1.02. The largest absolute Gasteiger partial charge is 0.480 e. The standard InChI is InChI=1S/C16H25N3O5/c1-5-12(20)19-9-16(24-10-19)6-7-18(8-16)15(23)17(4)13(11(2)3)14(21)22/h5,11,13H,1,6-10H2,2-4H3,(H,21,22)/t13-,16?/m0/s1. The molecule has 0 aromatic carbocycles. The molecule has 1 spiro atoms. The number of hydrogen-bond acceptors (Lipinski definition) is 4. The number of likely N-dealkylation sites (N-methyl/N-ethyl adjacent to an activating group) is 1. The number of carboxylic acids is 1. The first kappa shape index (κ1) is 18.3. The van der Waals surface area contributed by atoms with Crippen LogP contribution >= 0.6 is 0 Å². The predicted molar refractivity (Wildman–Crippen MR) is 86.2 cm³/mol. The molecule has 0 aromatic heterocycles. The Balaban J connectivity index is 2.03. The Morgan fingerprint density at radius 3 is 2.46 bits per heavy atom. The van der Waals surface area contributed by atoms with Gasteiger partial charge in [0.15, 0.2) is 0 Å². The summed E-state index contributed by atoms with van der Waals surface area (Å²) in [4.78, 5) is 40.2. The van der Waals surface area contributed by atoms with Crippen molar-refractivity contribution >= 4 is 17.9 Å². The maximum absolute atomic E-state index is 12.6. The van der Waals surface area contributed by atoms with E-state index in [0.29, 0.717) is 26.1 Å². The second-order valence-electron chi connectivity index (χ2n) is 6.79. The summed E-state index contributed by atoms with van der Waals surface area (Å²) in [5, 5.41) is 9.34. The number of aliphatic carboxylic acids is 1. The molecule has 2 fully saturated rings. The lowest BCUT2D eigenvalue weighted by atomic mass is 10.0. The first-order valence-electron chi connectivity index (χ1n) is 8.00. The Hall–Kier alpha value is -2.09. The molecular formula is C16H25N3O5. The van der Waals surface area contributed by atoms with E-state index in [0.717, 1.165) is 0 Å². The molecule has 2 heterocycles. The van der Waals surface area contributed by atoms with E-state index in [9.17, 15) is 19.5 Å². The van der Waals surface area contributed by atoms with Crippen LogP contribution in [0.15, 0.2) is 12.7 Å². The van der Waals surface area contributed by atoms with E-state index in [2.05, 4.69) is 6.58 Å². The molecule has 0 aliphatic carbocycles. The third-order valence-corrected chi connectivity index (χ3v) is 4.68. The first-order valence-corrected chi connectivity index (χ1v) is 8.00. The third-order valence-electron chi connectivity index (χ3n) is 4.68. The first-order chi connectivity index (χ1) is 11.2. The summed E-state index contributed by atoms with van der Waals surface area (Å²) >= 11 is 0. The molecule has 0 saturated carbocycles. The highest BCUT2D eigenvalue weighted by molar-refractivity contribution is 5.87. The molecule has 1 N–H and O–H groups in total. The number of rotatable bonds is 4. The number of amides is 3. The van der Waals surface area contributed by atoms with Crippen LogP contribution in [0.4, 0.5) is 4.79 Å². The van der Waals surface area contributed by atoms with E-state index >= 15 is 0 Å². The Morgan fingerprint density at radius 2 is 1.92 bits per heavy atom. The fourth-order valence-electron chi connectivity index (χ4n) is 3.42. The fourth-order valence-corrected chi connectivity index (χ4v) is 3.42. The number of hydrogen-bond donors (Lipinski definition) is 1. The molecule has 1 unspecified atom stereocenters. The summed E-state index contributed by atoms with van der Waals surface area (Å²) in [5.74, 6) is -1.41. The lowest BCUT2D eigenvalue weighted by Gasteiger charge is -2.32. The molecular weight excluding hydrogens is 314 g/mol. The van der Waals surface area contributed by atoms with Gasteiger partial charge >= 0.3 is 12.0 Å². The van der Waals surface area contributed by atoms with Crippen LogP contribution in [0.3, 0.4) is 0 Å². The van der Waals surface area contributed by atoms with Crippen molar-refractivity contribution in [2.75, 3.05) is 33.4 Å². The smallest absolute Gasteiger partial charge is 0.326 e. The number of urea groups is 1. The molecule has 2 rings (SSSR count). The normalized spacial score (nSPS) is 24.5. The number of likely N-dealkylation sites (tertiary alicyclic amines) is 1. The number of carbonyl (C=O) groups excluding carboxylic acids is 2. The van der Waals surface area contributed by atoms with Gasteiger partial charge in [0, 0.05) is 13.6 Å². The Morgan fingerprint density at radius 1 is 1.29 bits per heavy atom. The second-order valence-corrected chi connectivity index (χ2v) is 6.79. The van der Waals surface area contributed by atoms with Crippen molar-refractivity contribution in [1.29, 1.82) is 0 Å². The zero-order valence-corrected chi connectivity index (χ0v) is 14.4. The Labute approximate surface area is 141 Å². The van der Waals surface area contributed by atoms with Gasteiger partial charge in [0.1, 0.15) is 18.4 Å². The lowest BCUT2D eigenvalue weighted by Crippen LogP contribution is -2.51. The summed E-state index contributed by atoms with van der Waals surface area (Å²) in [6, 6.07) is -1.21. The number of carbonyl (C=O) groups is 3. The molecule has 3 amide bonds. The highest BCUT2D eigenvalue weighted by Crippen LogP contribution is 2.32. The van der Waals surface area contributed by atoms with Crippen molar-refractivity contribution in [1.82, 2.24) is 14.7 Å². The van der Waals surface area contributed by atoms with Gasteiger partial charge in [-0.15, -0.1) is 0 Å². The minimum absolute atomic E-state index is 0.187. The van der Waals surface area contributed by atoms with Crippen LogP contribution in [0.2, 0.25) is 0 Å². The summed E-state index contributed by atoms with van der Waals surface area (Å²) in [7, 11) is 1.51. The zero-order valence-electron chi connectivity index (χ0n) is 14.4. The van der Waals surface area contributed by atoms with Crippen molar-refractivity contribution < 1.29 is 24.2 Å². The van der Waals surface area contributed by atoms with Crippen molar-refractivity contribution in [3.63, 3.8) is 0 Å². The van der Waals surface area contributed by atoms with Crippen LogP contribution < -0.4 is 0 Å². The number of ether oxygens (including phenoxy) is 1. The summed E-state index contributed by atoms with van der Waals surface area (Å²) in [5.41, 5.74) is -0.564. The van der Waals surface area contributed by atoms with E-state index in [1.165, 1.54) is 18.0 Å². The summed E-state index contributed by atoms with van der Waals surface area (Å²) in [6.07, 6.45) is 1.86. The average molecular weight is 339 g/mol. The second kappa shape index (κ2) is 6.80. The number of carboxylic acid groups (broad SMARTS) is 1. The molecule has 2 saturated heterocycles. The average Bonchev–Trinajstić information content (AvgIpc) is 3.12. The molecule has 0 aromatic rings. The fraction of sp³-hybridized carbons (Fsp3) is 0.688. The van der Waals surface area contributed by atoms with E-state index in [1.54, 1.807) is 23.6 Å². The Kier molecular flexibility index (Phi) is 5.17. The van der Waals surface area contributed by atoms with Gasteiger partial charge in [0.2, 0.25) is 5.91 Å². The van der Waals surface area contributed by atoms with Crippen LogP contribution in [0.1, 0.15) is 20.3 Å². The van der Waals surface area contributed by atoms with Crippen LogP contribution in [-0.4, -0.2) is 82.8 Å². The number of nitrogens with zero attached hydrogens (tertiary/aromatic N) is 3. The van der Waals surface area contributed by atoms with Crippen molar-refractivity contribution in [3.05, 3.63) is 12.7 Å². The maximum Gasteiger partial charge on any atom is 0.326 e. The van der Waals surface area contributed by atoms with Crippen molar-refractivity contribution in [2.45, 2.75) is 31.9 Å². The van der Waals surface area contributed by atoms with Gasteiger partial charge in [0.25, 0.3) is 0 Å². The SMILES string of the molecule is C=CC(=O)N1COC2(CCN(C(=O)N(C)[C@H](C(=O)O)C(C)C)C2)C1. The summed E-state index contributed by atoms with van der Waals surface area (Å²) in [6.45, 7) is 8.43. The van der Waals surface area contributed by atoms with Crippen molar-refractivity contribution in [3.8, 4) is 0 Å². The molecule has 2 aliphatic heterocycles. The van der Waals surface area contributed by atoms with Gasteiger partial charge in [-0.05, 0) is 18.4 Å². The van der Waals surface area contributed by atoms with Crippen LogP contribution in [0, 0.1) is 5.92 Å². The molecule has 0 radical (unpaired) electrons. The highest BCUT2D eigenvalue weighted by atomic mass is 16.5. The van der Waals surface area contributed by atoms with Crippen LogP contribution in [-0.2, 0) is 14.3 Å². The van der Waals surface area contributed by atoms with Gasteiger partial charge in [-0.3, -0.25) is 4.79 Å². The van der Waals surface area contributed by atoms with E-state index in [1.807, 2.05) is 0 Å². The molecule has 8 nitrogen and oxygen atoms in total. The topological polar surface area (TPSA) is 90.4 Å². The Bertz CT molecular complexity index is 550. The minimum Gasteiger partial charge on any atom is -0.480 e. The molecule has 8 heteroatoms. The zero-order chi connectivity index (χ0) is 18.1. The van der Waals surface area contributed by atoms with Gasteiger partial charge in [-0.1, -0.05) is 20.4 Å². The van der Waals surface area contributed by atoms with Gasteiger partial charge < -0.3 is 24.5 Å². The third kappa shape index (κ3) is 3.38. The van der Waals surface area contributed by atoms with E-state index in [4.69, 9.17) is 4.74 Å². The molecule has 2 aliphatic rings. The monoisotopic (exact) mass is 339 g/mol. The van der Waals surface area contributed by atoms with E-state index < -0.39 is 17.6 Å². The lowest BCUT2D eigenvalue weighted by molar-refractivity contribution is -0.143. The van der Waals surface area contributed by atoms with Gasteiger partial charge in [-0.2, -0.15) is 0 Å².